The molecular formula is C22H37N5O2. The van der Waals surface area contributed by atoms with E-state index in [2.05, 4.69) is 33.8 Å². The molecule has 1 aromatic heterocycles. The number of aryl methyl sites for hydroxylation is 1. The Hall–Kier alpha value is -1.44. The lowest BCUT2D eigenvalue weighted by Crippen LogP contribution is -2.57. The molecule has 1 amide bonds. The summed E-state index contributed by atoms with van der Waals surface area (Å²) < 4.78 is 6.34. The third kappa shape index (κ3) is 4.84. The monoisotopic (exact) mass is 403 g/mol. The van der Waals surface area contributed by atoms with Crippen LogP contribution in [0.4, 0.5) is 0 Å². The zero-order valence-electron chi connectivity index (χ0n) is 18.3. The van der Waals surface area contributed by atoms with Crippen LogP contribution in [0.1, 0.15) is 55.7 Å². The van der Waals surface area contributed by atoms with Gasteiger partial charge in [-0.25, -0.2) is 0 Å². The van der Waals surface area contributed by atoms with Crippen LogP contribution in [0.3, 0.4) is 0 Å². The zero-order valence-corrected chi connectivity index (χ0v) is 18.3. The van der Waals surface area contributed by atoms with Crippen molar-refractivity contribution in [1.82, 2.24) is 24.9 Å². The van der Waals surface area contributed by atoms with Gasteiger partial charge in [-0.05, 0) is 44.6 Å². The number of piperazine rings is 1. The van der Waals surface area contributed by atoms with Crippen LogP contribution in [-0.4, -0.2) is 94.9 Å². The first-order valence-corrected chi connectivity index (χ1v) is 11.4. The molecule has 3 saturated heterocycles. The van der Waals surface area contributed by atoms with E-state index in [9.17, 15) is 4.79 Å². The maximum atomic E-state index is 12.7. The summed E-state index contributed by atoms with van der Waals surface area (Å²) in [5.74, 6) is 0.781. The molecule has 7 nitrogen and oxygen atoms in total. The first-order valence-electron chi connectivity index (χ1n) is 11.4. The van der Waals surface area contributed by atoms with Crippen LogP contribution in [-0.2, 0) is 4.74 Å². The number of carbonyl (C=O) groups is 1. The molecule has 162 valence electrons. The van der Waals surface area contributed by atoms with Crippen molar-refractivity contribution < 1.29 is 9.53 Å². The highest BCUT2D eigenvalue weighted by atomic mass is 16.5. The van der Waals surface area contributed by atoms with Crippen molar-refractivity contribution in [3.8, 4) is 0 Å². The predicted octanol–water partition coefficient (Wildman–Crippen LogP) is 2.15. The van der Waals surface area contributed by atoms with E-state index in [1.54, 1.807) is 0 Å². The number of amides is 1. The first-order chi connectivity index (χ1) is 13.9. The van der Waals surface area contributed by atoms with Gasteiger partial charge in [-0.15, -0.1) is 0 Å². The molecular weight excluding hydrogens is 366 g/mol. The smallest absolute Gasteiger partial charge is 0.274 e. The van der Waals surface area contributed by atoms with Crippen molar-refractivity contribution in [2.45, 2.75) is 58.1 Å². The Morgan fingerprint density at radius 1 is 1.24 bits per heavy atom. The van der Waals surface area contributed by atoms with Gasteiger partial charge in [-0.2, -0.15) is 5.10 Å². The number of H-pyrrole nitrogens is 1. The lowest BCUT2D eigenvalue weighted by atomic mass is 9.81. The molecule has 0 bridgehead atoms. The van der Waals surface area contributed by atoms with Crippen LogP contribution in [0.5, 0.6) is 0 Å². The molecule has 0 aromatic carbocycles. The highest BCUT2D eigenvalue weighted by Crippen LogP contribution is 2.37. The van der Waals surface area contributed by atoms with Gasteiger partial charge in [0.05, 0.1) is 5.60 Å². The molecule has 0 saturated carbocycles. The summed E-state index contributed by atoms with van der Waals surface area (Å²) in [5.41, 5.74) is 1.41. The summed E-state index contributed by atoms with van der Waals surface area (Å²) in [6.07, 6.45) is 4.12. The summed E-state index contributed by atoms with van der Waals surface area (Å²) in [7, 11) is 0. The number of hydrogen-bond acceptors (Lipinski definition) is 5. The zero-order chi connectivity index (χ0) is 20.4. The van der Waals surface area contributed by atoms with Crippen LogP contribution < -0.4 is 0 Å². The molecule has 4 heterocycles. The van der Waals surface area contributed by atoms with Crippen molar-refractivity contribution in [3.63, 3.8) is 0 Å². The van der Waals surface area contributed by atoms with E-state index in [0.29, 0.717) is 11.7 Å². The molecule has 1 unspecified atom stereocenters. The van der Waals surface area contributed by atoms with E-state index in [1.807, 2.05) is 17.9 Å². The van der Waals surface area contributed by atoms with Crippen LogP contribution in [0.15, 0.2) is 6.07 Å². The average Bonchev–Trinajstić information content (AvgIpc) is 3.15. The van der Waals surface area contributed by atoms with E-state index >= 15 is 0 Å². The van der Waals surface area contributed by atoms with Gasteiger partial charge >= 0.3 is 0 Å². The Bertz CT molecular complexity index is 687. The molecule has 0 radical (unpaired) electrons. The predicted molar refractivity (Wildman–Crippen MR) is 113 cm³/mol. The number of aromatic nitrogens is 2. The Kier molecular flexibility index (Phi) is 6.27. The van der Waals surface area contributed by atoms with Gasteiger partial charge in [0.2, 0.25) is 0 Å². The molecule has 0 aliphatic carbocycles. The molecule has 3 aliphatic rings. The van der Waals surface area contributed by atoms with Gasteiger partial charge < -0.3 is 14.5 Å². The van der Waals surface area contributed by atoms with Gasteiger partial charge in [0, 0.05) is 64.2 Å². The van der Waals surface area contributed by atoms with Crippen molar-refractivity contribution in [2.24, 2.45) is 5.92 Å². The number of carbonyl (C=O) groups excluding carboxylic acids is 1. The largest absolute Gasteiger partial charge is 0.375 e. The van der Waals surface area contributed by atoms with Crippen molar-refractivity contribution in [1.29, 1.82) is 0 Å². The number of hydrogen-bond donors (Lipinski definition) is 1. The van der Waals surface area contributed by atoms with Gasteiger partial charge in [0.15, 0.2) is 0 Å². The quantitative estimate of drug-likeness (QED) is 0.835. The van der Waals surface area contributed by atoms with Crippen molar-refractivity contribution in [2.75, 3.05) is 52.4 Å². The van der Waals surface area contributed by atoms with Crippen LogP contribution in [0.25, 0.3) is 0 Å². The van der Waals surface area contributed by atoms with Gasteiger partial charge in [0.25, 0.3) is 5.91 Å². The second-order valence-corrected chi connectivity index (χ2v) is 9.64. The van der Waals surface area contributed by atoms with E-state index < -0.39 is 0 Å². The number of rotatable bonds is 4. The molecule has 29 heavy (non-hydrogen) atoms. The van der Waals surface area contributed by atoms with Gasteiger partial charge in [0.1, 0.15) is 5.69 Å². The second kappa shape index (κ2) is 8.74. The molecule has 1 atom stereocenters. The number of nitrogens with one attached hydrogen (secondary N) is 1. The molecule has 4 rings (SSSR count). The topological polar surface area (TPSA) is 64.7 Å². The summed E-state index contributed by atoms with van der Waals surface area (Å²) in [4.78, 5) is 19.9. The van der Waals surface area contributed by atoms with E-state index in [1.165, 1.54) is 32.7 Å². The number of nitrogens with zero attached hydrogens (tertiary/aromatic N) is 4. The minimum absolute atomic E-state index is 0.0397. The maximum Gasteiger partial charge on any atom is 0.274 e. The second-order valence-electron chi connectivity index (χ2n) is 9.64. The Balaban J connectivity index is 1.29. The van der Waals surface area contributed by atoms with Gasteiger partial charge in [-0.3, -0.25) is 14.8 Å². The fourth-order valence-electron chi connectivity index (χ4n) is 5.30. The van der Waals surface area contributed by atoms with E-state index in [4.69, 9.17) is 4.74 Å². The summed E-state index contributed by atoms with van der Waals surface area (Å²) in [6, 6.07) is 2.46. The maximum absolute atomic E-state index is 12.7. The highest BCUT2D eigenvalue weighted by molar-refractivity contribution is 5.92. The first kappa shape index (κ1) is 20.8. The average molecular weight is 404 g/mol. The molecule has 1 spiro atoms. The summed E-state index contributed by atoms with van der Waals surface area (Å²) in [5, 5.41) is 7.00. The third-order valence-corrected chi connectivity index (χ3v) is 6.90. The van der Waals surface area contributed by atoms with Crippen LogP contribution >= 0.6 is 0 Å². The fourth-order valence-corrected chi connectivity index (χ4v) is 5.30. The standard InChI is InChI=1S/C22H37N5O2/c1-17(2)16-25-9-11-26(12-10-25)19-4-13-29-22(15-19)5-7-27(8-6-22)21(28)20-14-18(3)23-24-20/h14,17,19H,4-13,15-16H2,1-3H3,(H,23,24). The Labute approximate surface area is 174 Å². The highest BCUT2D eigenvalue weighted by Gasteiger charge is 2.43. The Morgan fingerprint density at radius 3 is 2.59 bits per heavy atom. The van der Waals surface area contributed by atoms with Gasteiger partial charge in [-0.1, -0.05) is 13.8 Å². The minimum Gasteiger partial charge on any atom is -0.375 e. The lowest BCUT2D eigenvalue weighted by molar-refractivity contribution is -0.132. The molecule has 1 N–H and O–H groups in total. The number of ether oxygens (including phenoxy) is 1. The van der Waals surface area contributed by atoms with Crippen LogP contribution in [0, 0.1) is 12.8 Å². The van der Waals surface area contributed by atoms with E-state index in [0.717, 1.165) is 57.0 Å². The molecule has 1 aromatic rings. The van der Waals surface area contributed by atoms with Crippen LogP contribution in [0.2, 0.25) is 0 Å². The summed E-state index contributed by atoms with van der Waals surface area (Å²) >= 11 is 0. The lowest BCUT2D eigenvalue weighted by Gasteiger charge is -2.49. The van der Waals surface area contributed by atoms with Crippen molar-refractivity contribution in [3.05, 3.63) is 17.5 Å². The number of likely N-dealkylation sites (tertiary alicyclic amines) is 1. The fraction of sp³-hybridized carbons (Fsp3) is 0.818. The number of piperidine rings is 1. The Morgan fingerprint density at radius 2 is 1.97 bits per heavy atom. The number of aromatic amines is 1. The summed E-state index contributed by atoms with van der Waals surface area (Å²) in [6.45, 7) is 14.9. The third-order valence-electron chi connectivity index (χ3n) is 6.90. The molecule has 7 heteroatoms. The SMILES string of the molecule is Cc1cc(C(=O)N2CCC3(CC2)CC(N2CCN(CC(C)C)CC2)CCO3)n[nH]1. The van der Waals surface area contributed by atoms with E-state index in [-0.39, 0.29) is 11.5 Å². The van der Waals surface area contributed by atoms with Crippen molar-refractivity contribution >= 4 is 5.91 Å². The normalized spacial score (nSPS) is 26.3. The minimum atomic E-state index is -0.0454. The molecule has 3 fully saturated rings. The molecule has 3 aliphatic heterocycles.